The average molecular weight is 375 g/mol. The summed E-state index contributed by atoms with van der Waals surface area (Å²) in [6.07, 6.45) is 2.84. The Morgan fingerprint density at radius 1 is 1.17 bits per heavy atom. The molecule has 138 valence electrons. The molecule has 0 aliphatic carbocycles. The van der Waals surface area contributed by atoms with Gasteiger partial charge in [-0.05, 0) is 17.5 Å². The molecule has 0 bridgehead atoms. The summed E-state index contributed by atoms with van der Waals surface area (Å²) < 4.78 is 16.4. The minimum Gasteiger partial charge on any atom is -0.377 e. The van der Waals surface area contributed by atoms with Crippen LogP contribution in [0.5, 0.6) is 0 Å². The van der Waals surface area contributed by atoms with Crippen LogP contribution >= 0.6 is 12.4 Å². The average Bonchev–Trinajstić information content (AvgIpc) is 2.62. The van der Waals surface area contributed by atoms with Crippen LogP contribution in [0.3, 0.4) is 0 Å². The Labute approximate surface area is 153 Å². The van der Waals surface area contributed by atoms with Gasteiger partial charge < -0.3 is 13.3 Å². The molecule has 24 heavy (non-hydrogen) atoms. The molecule has 7 heteroatoms. The minimum atomic E-state index is -2.47. The van der Waals surface area contributed by atoms with Gasteiger partial charge in [-0.25, -0.2) is 5.01 Å². The second kappa shape index (κ2) is 12.6. The van der Waals surface area contributed by atoms with Gasteiger partial charge in [0, 0.05) is 47.0 Å². The summed E-state index contributed by atoms with van der Waals surface area (Å²) in [5.41, 5.74) is 5.89. The molecule has 0 aliphatic rings. The van der Waals surface area contributed by atoms with Gasteiger partial charge in [-0.3, -0.25) is 5.43 Å². The highest BCUT2D eigenvalue weighted by Gasteiger charge is 2.36. The lowest BCUT2D eigenvalue weighted by atomic mass is 10.1. The highest BCUT2D eigenvalue weighted by Crippen LogP contribution is 2.15. The van der Waals surface area contributed by atoms with Crippen molar-refractivity contribution < 1.29 is 13.3 Å². The number of hydrogen-bond donors (Lipinski definition) is 1. The SMILES string of the molecule is C=Cc1ccccc1CNN(CC)CCC[Si](OC)(OC)OC.Cl. The summed E-state index contributed by atoms with van der Waals surface area (Å²) in [5.74, 6) is 0. The van der Waals surface area contributed by atoms with Crippen molar-refractivity contribution in [1.29, 1.82) is 0 Å². The van der Waals surface area contributed by atoms with E-state index in [1.54, 1.807) is 21.3 Å². The highest BCUT2D eigenvalue weighted by atomic mass is 35.5. The summed E-state index contributed by atoms with van der Waals surface area (Å²) in [5, 5.41) is 2.21. The molecule has 1 aromatic carbocycles. The molecule has 0 fully saturated rings. The molecule has 1 N–H and O–H groups in total. The maximum absolute atomic E-state index is 5.46. The fourth-order valence-electron chi connectivity index (χ4n) is 2.48. The normalized spacial score (nSPS) is 11.4. The van der Waals surface area contributed by atoms with Crippen LogP contribution in [-0.4, -0.2) is 48.2 Å². The van der Waals surface area contributed by atoms with Crippen molar-refractivity contribution in [3.63, 3.8) is 0 Å². The summed E-state index contributed by atoms with van der Waals surface area (Å²) in [4.78, 5) is 0. The van der Waals surface area contributed by atoms with Gasteiger partial charge in [0.05, 0.1) is 0 Å². The third-order valence-corrected chi connectivity index (χ3v) is 6.83. The van der Waals surface area contributed by atoms with Gasteiger partial charge in [-0.15, -0.1) is 12.4 Å². The number of nitrogens with zero attached hydrogens (tertiary/aromatic N) is 1. The van der Waals surface area contributed by atoms with E-state index in [-0.39, 0.29) is 12.4 Å². The number of benzene rings is 1. The van der Waals surface area contributed by atoms with Gasteiger partial charge in [0.15, 0.2) is 0 Å². The molecule has 1 rings (SSSR count). The molecular weight excluding hydrogens is 344 g/mol. The van der Waals surface area contributed by atoms with Crippen molar-refractivity contribution in [2.24, 2.45) is 0 Å². The Morgan fingerprint density at radius 3 is 2.33 bits per heavy atom. The molecule has 0 radical (unpaired) electrons. The van der Waals surface area contributed by atoms with Crippen molar-refractivity contribution >= 4 is 27.3 Å². The monoisotopic (exact) mass is 374 g/mol. The quantitative estimate of drug-likeness (QED) is 0.449. The Hall–Kier alpha value is -0.733. The van der Waals surface area contributed by atoms with Crippen LogP contribution in [-0.2, 0) is 19.8 Å². The molecule has 0 heterocycles. The standard InChI is InChI=1S/C17H30N2O3Si.ClH/c1-6-16-11-8-9-12-17(16)15-18-19(7-2)13-10-14-23(20-3,21-4)22-5;/h6,8-9,11-12,18H,1,7,10,13-15H2,2-5H3;1H. The third-order valence-electron chi connectivity index (χ3n) is 3.99. The fourth-order valence-corrected chi connectivity index (χ4v) is 4.19. The van der Waals surface area contributed by atoms with Gasteiger partial charge in [0.2, 0.25) is 0 Å². The predicted octanol–water partition coefficient (Wildman–Crippen LogP) is 3.35. The molecule has 1 aromatic rings. The number of nitrogens with one attached hydrogen (secondary N) is 1. The first-order valence-corrected chi connectivity index (χ1v) is 9.92. The second-order valence-electron chi connectivity index (χ2n) is 5.22. The lowest BCUT2D eigenvalue weighted by molar-refractivity contribution is 0.119. The van der Waals surface area contributed by atoms with E-state index in [1.807, 2.05) is 12.1 Å². The minimum absolute atomic E-state index is 0. The summed E-state index contributed by atoms with van der Waals surface area (Å²) >= 11 is 0. The molecule has 0 unspecified atom stereocenters. The van der Waals surface area contributed by atoms with Crippen LogP contribution < -0.4 is 5.43 Å². The lowest BCUT2D eigenvalue weighted by Crippen LogP contribution is -2.44. The van der Waals surface area contributed by atoms with Crippen molar-refractivity contribution in [2.45, 2.75) is 25.9 Å². The maximum Gasteiger partial charge on any atom is 0.500 e. The van der Waals surface area contributed by atoms with E-state index in [2.05, 4.69) is 42.1 Å². The maximum atomic E-state index is 5.46. The molecule has 0 saturated heterocycles. The zero-order valence-electron chi connectivity index (χ0n) is 15.2. The molecule has 0 atom stereocenters. The van der Waals surface area contributed by atoms with Crippen LogP contribution in [0.25, 0.3) is 6.08 Å². The van der Waals surface area contributed by atoms with Crippen LogP contribution in [0.4, 0.5) is 0 Å². The number of hydrazine groups is 1. The molecule has 0 amide bonds. The van der Waals surface area contributed by atoms with Crippen LogP contribution in [0.1, 0.15) is 24.5 Å². The van der Waals surface area contributed by atoms with Crippen LogP contribution in [0, 0.1) is 0 Å². The number of halogens is 1. The van der Waals surface area contributed by atoms with E-state index >= 15 is 0 Å². The van der Waals surface area contributed by atoms with E-state index < -0.39 is 8.80 Å². The molecular formula is C17H31ClN2O3Si. The van der Waals surface area contributed by atoms with E-state index in [0.29, 0.717) is 0 Å². The van der Waals surface area contributed by atoms with Crippen LogP contribution in [0.2, 0.25) is 6.04 Å². The first-order valence-electron chi connectivity index (χ1n) is 7.99. The van der Waals surface area contributed by atoms with Gasteiger partial charge in [0.25, 0.3) is 0 Å². The molecule has 5 nitrogen and oxygen atoms in total. The molecule has 0 spiro atoms. The topological polar surface area (TPSA) is 43.0 Å². The summed E-state index contributed by atoms with van der Waals surface area (Å²) in [6.45, 7) is 8.64. The van der Waals surface area contributed by atoms with Gasteiger partial charge in [0.1, 0.15) is 0 Å². The van der Waals surface area contributed by atoms with Crippen LogP contribution in [0.15, 0.2) is 30.8 Å². The smallest absolute Gasteiger partial charge is 0.377 e. The van der Waals surface area contributed by atoms with Gasteiger partial charge in [-0.1, -0.05) is 43.8 Å². The van der Waals surface area contributed by atoms with Crippen molar-refractivity contribution in [1.82, 2.24) is 10.4 Å². The van der Waals surface area contributed by atoms with Gasteiger partial charge >= 0.3 is 8.80 Å². The first kappa shape index (κ1) is 23.3. The first-order chi connectivity index (χ1) is 11.1. The fraction of sp³-hybridized carbons (Fsp3) is 0.529. The lowest BCUT2D eigenvalue weighted by Gasteiger charge is -2.26. The third kappa shape index (κ3) is 7.02. The molecule has 0 saturated carbocycles. The van der Waals surface area contributed by atoms with E-state index in [1.165, 1.54) is 11.1 Å². The molecule has 0 aromatic heterocycles. The number of hydrogen-bond acceptors (Lipinski definition) is 5. The Kier molecular flexibility index (Phi) is 12.2. The van der Waals surface area contributed by atoms with Crippen molar-refractivity contribution in [3.8, 4) is 0 Å². The predicted molar refractivity (Wildman–Crippen MR) is 104 cm³/mol. The summed E-state index contributed by atoms with van der Waals surface area (Å²) in [7, 11) is 2.50. The van der Waals surface area contributed by atoms with E-state index in [4.69, 9.17) is 13.3 Å². The Morgan fingerprint density at radius 2 is 1.79 bits per heavy atom. The zero-order valence-corrected chi connectivity index (χ0v) is 17.0. The van der Waals surface area contributed by atoms with E-state index in [0.717, 1.165) is 32.1 Å². The summed E-state index contributed by atoms with van der Waals surface area (Å²) in [6, 6.07) is 9.09. The van der Waals surface area contributed by atoms with E-state index in [9.17, 15) is 0 Å². The van der Waals surface area contributed by atoms with Gasteiger partial charge in [-0.2, -0.15) is 0 Å². The zero-order chi connectivity index (χ0) is 17.1. The highest BCUT2D eigenvalue weighted by molar-refractivity contribution is 6.60. The second-order valence-corrected chi connectivity index (χ2v) is 8.31. The molecule has 0 aliphatic heterocycles. The largest absolute Gasteiger partial charge is 0.500 e. The van der Waals surface area contributed by atoms with Crippen molar-refractivity contribution in [2.75, 3.05) is 34.4 Å². The Balaban J connectivity index is 0.00000529. The Bertz CT molecular complexity index is 465. The number of rotatable bonds is 12. The van der Waals surface area contributed by atoms with Crippen molar-refractivity contribution in [3.05, 3.63) is 42.0 Å².